The third-order valence-electron chi connectivity index (χ3n) is 13.6. The number of hydrogen-bond donors (Lipinski definition) is 3. The normalized spacial score (nSPS) is 44.0. The molecule has 8 heteroatoms. The van der Waals surface area contributed by atoms with Crippen LogP contribution in [-0.2, 0) is 4.74 Å². The maximum Gasteiger partial charge on any atom is 0.167 e. The highest BCUT2D eigenvalue weighted by molar-refractivity contribution is 5.82. The van der Waals surface area contributed by atoms with Gasteiger partial charge in [-0.15, -0.1) is 0 Å². The van der Waals surface area contributed by atoms with E-state index in [-0.39, 0.29) is 6.61 Å². The number of anilines is 1. The minimum atomic E-state index is -0.693. The van der Waals surface area contributed by atoms with Crippen LogP contribution in [0.5, 0.6) is 0 Å². The van der Waals surface area contributed by atoms with E-state index in [1.807, 2.05) is 4.57 Å². The van der Waals surface area contributed by atoms with Crippen LogP contribution in [0.3, 0.4) is 0 Å². The molecule has 2 aromatic rings. The van der Waals surface area contributed by atoms with Crippen LogP contribution < -0.4 is 5.32 Å². The van der Waals surface area contributed by atoms with Crippen molar-refractivity contribution in [1.82, 2.24) is 19.5 Å². The molecule has 5 fully saturated rings. The number of hydrogen-bond acceptors (Lipinski definition) is 7. The smallest absolute Gasteiger partial charge is 0.167 e. The van der Waals surface area contributed by atoms with Crippen molar-refractivity contribution in [3.05, 3.63) is 12.7 Å². The average Bonchev–Trinajstić information content (AvgIpc) is 3.68. The zero-order valence-corrected chi connectivity index (χ0v) is 26.2. The minimum absolute atomic E-state index is 0.200. The Hall–Kier alpha value is -1.77. The van der Waals surface area contributed by atoms with Crippen LogP contribution in [0.25, 0.3) is 11.2 Å². The molecule has 4 aliphatic carbocycles. The lowest BCUT2D eigenvalue weighted by atomic mass is 9.44. The number of aliphatic hydroxyl groups is 2. The summed E-state index contributed by atoms with van der Waals surface area (Å²) in [6.45, 7) is 10.1. The number of rotatable bonds is 7. The van der Waals surface area contributed by atoms with E-state index in [1.165, 1.54) is 70.6 Å². The van der Waals surface area contributed by atoms with Crippen LogP contribution in [0.2, 0.25) is 0 Å². The van der Waals surface area contributed by atoms with Crippen molar-refractivity contribution < 1.29 is 14.9 Å². The Balaban J connectivity index is 1.04. The quantitative estimate of drug-likeness (QED) is 0.351. The molecule has 0 radical (unpaired) electrons. The Labute approximate surface area is 251 Å². The first-order chi connectivity index (χ1) is 20.3. The van der Waals surface area contributed by atoms with Gasteiger partial charge in [0.15, 0.2) is 17.0 Å². The molecule has 0 bridgehead atoms. The molecule has 1 aliphatic heterocycles. The molecule has 0 aromatic carbocycles. The molecule has 2 aromatic heterocycles. The molecule has 5 unspecified atom stereocenters. The standard InChI is InChI=1S/C34H53N5O3/c1-5-6-20(2)24-9-10-25-23-8-7-21-15-22(11-13-33(21,3)26(23)12-14-34(24,25)4)38-31-30-32(36-18-35-31)39(19-37-30)29-16-27(41)28(17-40)42-29/h18-29,40-41H,5-17H2,1-4H3,(H,35,36,38)/t20-,21?,22?,23?,24-,25?,26?,27+,28-,29-,33+,34-/m1/s1. The molecule has 3 heterocycles. The fourth-order valence-electron chi connectivity index (χ4n) is 11.4. The van der Waals surface area contributed by atoms with Gasteiger partial charge in [0, 0.05) is 12.5 Å². The van der Waals surface area contributed by atoms with Gasteiger partial charge in [-0.3, -0.25) is 4.57 Å². The Morgan fingerprint density at radius 3 is 2.62 bits per heavy atom. The summed E-state index contributed by atoms with van der Waals surface area (Å²) in [5.41, 5.74) is 2.49. The Kier molecular flexibility index (Phi) is 7.58. The number of nitrogens with one attached hydrogen (secondary N) is 1. The summed E-state index contributed by atoms with van der Waals surface area (Å²) in [5.74, 6) is 6.14. The molecule has 12 atom stereocenters. The maximum absolute atomic E-state index is 10.2. The molecule has 7 rings (SSSR count). The van der Waals surface area contributed by atoms with Gasteiger partial charge in [-0.1, -0.05) is 40.5 Å². The molecule has 3 N–H and O–H groups in total. The fraction of sp³-hybridized carbons (Fsp3) is 0.853. The van der Waals surface area contributed by atoms with Gasteiger partial charge in [0.2, 0.25) is 0 Å². The van der Waals surface area contributed by atoms with E-state index in [0.29, 0.717) is 28.9 Å². The largest absolute Gasteiger partial charge is 0.394 e. The molecule has 8 nitrogen and oxygen atoms in total. The average molecular weight is 580 g/mol. The first kappa shape index (κ1) is 29.0. The molecule has 5 aliphatic rings. The number of ether oxygens (including phenoxy) is 1. The molecular weight excluding hydrogens is 526 g/mol. The molecule has 232 valence electrons. The van der Waals surface area contributed by atoms with E-state index in [9.17, 15) is 10.2 Å². The van der Waals surface area contributed by atoms with Gasteiger partial charge in [-0.2, -0.15) is 0 Å². The van der Waals surface area contributed by atoms with Crippen LogP contribution in [-0.4, -0.2) is 54.6 Å². The van der Waals surface area contributed by atoms with Crippen molar-refractivity contribution in [2.75, 3.05) is 11.9 Å². The van der Waals surface area contributed by atoms with Crippen molar-refractivity contribution in [2.24, 2.45) is 46.3 Å². The topological polar surface area (TPSA) is 105 Å². The molecule has 0 amide bonds. The van der Waals surface area contributed by atoms with Crippen molar-refractivity contribution >= 4 is 17.0 Å². The monoisotopic (exact) mass is 579 g/mol. The summed E-state index contributed by atoms with van der Waals surface area (Å²) in [6, 6.07) is 0.394. The Bertz CT molecular complexity index is 1270. The summed E-state index contributed by atoms with van der Waals surface area (Å²) in [4.78, 5) is 13.8. The van der Waals surface area contributed by atoms with Crippen LogP contribution in [0.15, 0.2) is 12.7 Å². The van der Waals surface area contributed by atoms with Gasteiger partial charge in [0.25, 0.3) is 0 Å². The number of aromatic nitrogens is 4. The minimum Gasteiger partial charge on any atom is -0.394 e. The van der Waals surface area contributed by atoms with Crippen LogP contribution >= 0.6 is 0 Å². The van der Waals surface area contributed by atoms with E-state index < -0.39 is 18.4 Å². The van der Waals surface area contributed by atoms with Gasteiger partial charge < -0.3 is 20.3 Å². The SMILES string of the molecule is CCC[C@@H](C)[C@H]1CCC2C3CCC4CC(Nc5ncnc6c5ncn6[C@H]5C[C@H](O)[C@@H](CO)O5)CC[C@]4(C)C3CC[C@@]21C. The van der Waals surface area contributed by atoms with Crippen molar-refractivity contribution in [3.63, 3.8) is 0 Å². The third kappa shape index (κ3) is 4.52. The maximum atomic E-state index is 10.2. The second-order valence-electron chi connectivity index (χ2n) is 15.4. The lowest BCUT2D eigenvalue weighted by molar-refractivity contribution is -0.115. The first-order valence-corrected chi connectivity index (χ1v) is 17.1. The predicted molar refractivity (Wildman–Crippen MR) is 164 cm³/mol. The molecular formula is C34H53N5O3. The molecule has 42 heavy (non-hydrogen) atoms. The summed E-state index contributed by atoms with van der Waals surface area (Å²) in [6.07, 6.45) is 17.1. The summed E-state index contributed by atoms with van der Waals surface area (Å²) >= 11 is 0. The summed E-state index contributed by atoms with van der Waals surface area (Å²) < 4.78 is 7.75. The van der Waals surface area contributed by atoms with Gasteiger partial charge >= 0.3 is 0 Å². The van der Waals surface area contributed by atoms with E-state index in [2.05, 4.69) is 48.0 Å². The predicted octanol–water partition coefficient (Wildman–Crippen LogP) is 6.34. The zero-order valence-electron chi connectivity index (χ0n) is 26.2. The second kappa shape index (κ2) is 11.0. The van der Waals surface area contributed by atoms with Gasteiger partial charge in [0.05, 0.1) is 19.0 Å². The highest BCUT2D eigenvalue weighted by Gasteiger charge is 2.60. The van der Waals surface area contributed by atoms with Gasteiger partial charge in [-0.25, -0.2) is 15.0 Å². The number of aliphatic hydroxyl groups excluding tert-OH is 2. The molecule has 0 spiro atoms. The Morgan fingerprint density at radius 2 is 1.83 bits per heavy atom. The van der Waals surface area contributed by atoms with Crippen molar-refractivity contribution in [3.8, 4) is 0 Å². The third-order valence-corrected chi connectivity index (χ3v) is 13.6. The molecule has 1 saturated heterocycles. The van der Waals surface area contributed by atoms with Crippen LogP contribution in [0.4, 0.5) is 5.82 Å². The Morgan fingerprint density at radius 1 is 1.02 bits per heavy atom. The number of fused-ring (bicyclic) bond motifs is 6. The lowest BCUT2D eigenvalue weighted by Crippen LogP contribution is -2.54. The van der Waals surface area contributed by atoms with Crippen molar-refractivity contribution in [1.29, 1.82) is 0 Å². The van der Waals surface area contributed by atoms with E-state index in [1.54, 1.807) is 12.7 Å². The zero-order chi connectivity index (χ0) is 29.2. The number of nitrogens with zero attached hydrogens (tertiary/aromatic N) is 4. The summed E-state index contributed by atoms with van der Waals surface area (Å²) in [7, 11) is 0. The van der Waals surface area contributed by atoms with Gasteiger partial charge in [0.1, 0.15) is 18.7 Å². The van der Waals surface area contributed by atoms with E-state index in [4.69, 9.17) is 4.74 Å². The lowest BCUT2D eigenvalue weighted by Gasteiger charge is -2.61. The van der Waals surface area contributed by atoms with E-state index in [0.717, 1.165) is 46.8 Å². The highest BCUT2D eigenvalue weighted by Crippen LogP contribution is 2.68. The van der Waals surface area contributed by atoms with Crippen LogP contribution in [0.1, 0.15) is 111 Å². The first-order valence-electron chi connectivity index (χ1n) is 17.1. The molecule has 4 saturated carbocycles. The summed E-state index contributed by atoms with van der Waals surface area (Å²) in [5, 5.41) is 23.5. The second-order valence-corrected chi connectivity index (χ2v) is 15.4. The fourth-order valence-corrected chi connectivity index (χ4v) is 11.4. The number of imidazole rings is 1. The van der Waals surface area contributed by atoms with Gasteiger partial charge in [-0.05, 0) is 104 Å². The van der Waals surface area contributed by atoms with Crippen LogP contribution in [0, 0.1) is 46.3 Å². The van der Waals surface area contributed by atoms with Crippen molar-refractivity contribution in [2.45, 2.75) is 129 Å². The van der Waals surface area contributed by atoms with E-state index >= 15 is 0 Å². The highest BCUT2D eigenvalue weighted by atomic mass is 16.5.